The fraction of sp³-hybridized carbons (Fsp3) is 0.0435. The van der Waals surface area contributed by atoms with Crippen LogP contribution in [0.4, 0.5) is 5.69 Å². The number of fused-ring (bicyclic) bond motifs is 1. The molecule has 1 saturated heterocycles. The van der Waals surface area contributed by atoms with Crippen LogP contribution in [-0.2, 0) is 9.59 Å². The molecule has 5 nitrogen and oxygen atoms in total. The summed E-state index contributed by atoms with van der Waals surface area (Å²) >= 11 is 0. The number of anilines is 1. The quantitative estimate of drug-likeness (QED) is 0.437. The molecule has 0 spiro atoms. The molecule has 1 aliphatic heterocycles. The van der Waals surface area contributed by atoms with Crippen LogP contribution in [0.15, 0.2) is 72.3 Å². The van der Waals surface area contributed by atoms with Crippen LogP contribution in [-0.4, -0.2) is 18.4 Å². The maximum Gasteiger partial charge on any atom is 0.282 e. The minimum Gasteiger partial charge on any atom is -0.480 e. The van der Waals surface area contributed by atoms with Crippen molar-refractivity contribution in [3.05, 3.63) is 77.9 Å². The number of rotatable bonds is 4. The van der Waals surface area contributed by atoms with E-state index in [0.29, 0.717) is 17.0 Å². The molecule has 1 aliphatic rings. The molecule has 0 unspecified atom stereocenters. The van der Waals surface area contributed by atoms with E-state index in [1.165, 1.54) is 5.01 Å². The number of carbonyl (C=O) groups is 2. The van der Waals surface area contributed by atoms with Gasteiger partial charge in [-0.3, -0.25) is 15.0 Å². The third-order valence-corrected chi connectivity index (χ3v) is 4.44. The maximum absolute atomic E-state index is 12.9. The summed E-state index contributed by atoms with van der Waals surface area (Å²) in [7, 11) is 0. The number of nitrogens with one attached hydrogen (secondary N) is 1. The van der Waals surface area contributed by atoms with Crippen LogP contribution in [0.5, 0.6) is 5.75 Å². The van der Waals surface area contributed by atoms with Gasteiger partial charge in [-0.25, -0.2) is 5.01 Å². The zero-order chi connectivity index (χ0) is 19.5. The summed E-state index contributed by atoms with van der Waals surface area (Å²) in [5.41, 5.74) is 3.87. The van der Waals surface area contributed by atoms with E-state index < -0.39 is 11.8 Å². The number of benzene rings is 3. The van der Waals surface area contributed by atoms with Gasteiger partial charge in [-0.1, -0.05) is 54.5 Å². The van der Waals surface area contributed by atoms with Gasteiger partial charge >= 0.3 is 0 Å². The number of para-hydroxylation sites is 1. The molecule has 28 heavy (non-hydrogen) atoms. The second-order valence-electron chi connectivity index (χ2n) is 6.17. The standard InChI is InChI=1S/C23H16N2O3/c1-2-14-28-21-13-12-16-8-6-7-11-18(16)19(21)15-20-22(26)24-25(23(20)27)17-9-4-3-5-10-17/h1,3-13,15H,14H2,(H,24,26). The average Bonchev–Trinajstić information content (AvgIpc) is 3.02. The smallest absolute Gasteiger partial charge is 0.282 e. The Bertz CT molecular complexity index is 1140. The lowest BCUT2D eigenvalue weighted by Crippen LogP contribution is -2.35. The summed E-state index contributed by atoms with van der Waals surface area (Å²) in [6, 6.07) is 20.3. The number of hydrogen-bond acceptors (Lipinski definition) is 3. The first-order valence-corrected chi connectivity index (χ1v) is 8.69. The molecule has 2 amide bonds. The van der Waals surface area contributed by atoms with E-state index in [9.17, 15) is 9.59 Å². The van der Waals surface area contributed by atoms with Crippen molar-refractivity contribution in [1.29, 1.82) is 0 Å². The molecule has 0 aliphatic carbocycles. The number of ether oxygens (including phenoxy) is 1. The van der Waals surface area contributed by atoms with Crippen molar-refractivity contribution in [3.63, 3.8) is 0 Å². The first-order chi connectivity index (χ1) is 13.7. The summed E-state index contributed by atoms with van der Waals surface area (Å²) in [6.07, 6.45) is 6.88. The highest BCUT2D eigenvalue weighted by Gasteiger charge is 2.34. The highest BCUT2D eigenvalue weighted by atomic mass is 16.5. The second-order valence-corrected chi connectivity index (χ2v) is 6.17. The van der Waals surface area contributed by atoms with Crippen molar-refractivity contribution in [3.8, 4) is 18.1 Å². The van der Waals surface area contributed by atoms with Crippen LogP contribution in [0.1, 0.15) is 5.56 Å². The minimum absolute atomic E-state index is 0.0331. The molecule has 0 radical (unpaired) electrons. The second kappa shape index (κ2) is 7.29. The summed E-state index contributed by atoms with van der Waals surface area (Å²) in [5, 5.41) is 3.07. The predicted molar refractivity (Wildman–Crippen MR) is 108 cm³/mol. The largest absolute Gasteiger partial charge is 0.480 e. The van der Waals surface area contributed by atoms with E-state index in [-0.39, 0.29) is 12.2 Å². The predicted octanol–water partition coefficient (Wildman–Crippen LogP) is 3.31. The lowest BCUT2D eigenvalue weighted by Gasteiger charge is -2.14. The lowest BCUT2D eigenvalue weighted by atomic mass is 10.0. The van der Waals surface area contributed by atoms with E-state index in [0.717, 1.165) is 10.8 Å². The van der Waals surface area contributed by atoms with Crippen molar-refractivity contribution in [2.75, 3.05) is 11.6 Å². The van der Waals surface area contributed by atoms with Gasteiger partial charge in [-0.2, -0.15) is 0 Å². The Kier molecular flexibility index (Phi) is 4.53. The number of amides is 2. The number of nitrogens with zero attached hydrogens (tertiary/aromatic N) is 1. The zero-order valence-corrected chi connectivity index (χ0v) is 14.9. The van der Waals surface area contributed by atoms with Gasteiger partial charge in [0.2, 0.25) is 0 Å². The summed E-state index contributed by atoms with van der Waals surface area (Å²) in [5.74, 6) is 2.06. The van der Waals surface area contributed by atoms with Crippen LogP contribution < -0.4 is 15.2 Å². The molecule has 1 fully saturated rings. The zero-order valence-electron chi connectivity index (χ0n) is 14.9. The maximum atomic E-state index is 12.9. The van der Waals surface area contributed by atoms with E-state index in [4.69, 9.17) is 11.2 Å². The molecule has 0 atom stereocenters. The molecule has 3 aromatic rings. The fourth-order valence-electron chi connectivity index (χ4n) is 3.13. The molecule has 0 saturated carbocycles. The average molecular weight is 368 g/mol. The summed E-state index contributed by atoms with van der Waals surface area (Å²) < 4.78 is 5.65. The van der Waals surface area contributed by atoms with Crippen molar-refractivity contribution in [2.24, 2.45) is 0 Å². The van der Waals surface area contributed by atoms with Crippen LogP contribution in [0.2, 0.25) is 0 Å². The normalized spacial score (nSPS) is 15.0. The van der Waals surface area contributed by atoms with Crippen LogP contribution in [0, 0.1) is 12.3 Å². The van der Waals surface area contributed by atoms with Crippen molar-refractivity contribution < 1.29 is 14.3 Å². The number of hydrazine groups is 1. The minimum atomic E-state index is -0.468. The first-order valence-electron chi connectivity index (χ1n) is 8.69. The fourth-order valence-corrected chi connectivity index (χ4v) is 3.13. The molecular formula is C23H16N2O3. The van der Waals surface area contributed by atoms with E-state index in [2.05, 4.69) is 11.3 Å². The third-order valence-electron chi connectivity index (χ3n) is 4.44. The van der Waals surface area contributed by atoms with Crippen molar-refractivity contribution in [1.82, 2.24) is 5.43 Å². The lowest BCUT2D eigenvalue weighted by molar-refractivity contribution is -0.117. The van der Waals surface area contributed by atoms with Gasteiger partial charge in [0.15, 0.2) is 0 Å². The summed E-state index contributed by atoms with van der Waals surface area (Å²) in [4.78, 5) is 25.4. The van der Waals surface area contributed by atoms with Gasteiger partial charge < -0.3 is 4.74 Å². The molecule has 5 heteroatoms. The monoisotopic (exact) mass is 368 g/mol. The first kappa shape index (κ1) is 17.4. The molecule has 136 valence electrons. The Balaban J connectivity index is 1.82. The van der Waals surface area contributed by atoms with Gasteiger partial charge in [0.25, 0.3) is 11.8 Å². The Hall–Kier alpha value is -4.04. The van der Waals surface area contributed by atoms with Crippen molar-refractivity contribution in [2.45, 2.75) is 0 Å². The van der Waals surface area contributed by atoms with E-state index in [1.54, 1.807) is 36.4 Å². The molecule has 1 heterocycles. The highest BCUT2D eigenvalue weighted by molar-refractivity contribution is 6.32. The molecule has 0 aromatic heterocycles. The SMILES string of the molecule is C#CCOc1ccc2ccccc2c1C=C1C(=O)NN(c2ccccc2)C1=O. The third kappa shape index (κ3) is 3.08. The van der Waals surface area contributed by atoms with Gasteiger partial charge in [0, 0.05) is 5.56 Å². The van der Waals surface area contributed by atoms with E-state index in [1.807, 2.05) is 36.4 Å². The van der Waals surface area contributed by atoms with Gasteiger partial charge in [0.1, 0.15) is 17.9 Å². The molecule has 1 N–H and O–H groups in total. The molecule has 4 rings (SSSR count). The van der Waals surface area contributed by atoms with Gasteiger partial charge in [-0.05, 0) is 35.0 Å². The Morgan fingerprint density at radius 2 is 1.75 bits per heavy atom. The molecular weight excluding hydrogens is 352 g/mol. The Labute approximate surface area is 162 Å². The van der Waals surface area contributed by atoms with Crippen LogP contribution in [0.25, 0.3) is 16.8 Å². The molecule has 3 aromatic carbocycles. The Morgan fingerprint density at radius 3 is 2.54 bits per heavy atom. The van der Waals surface area contributed by atoms with Gasteiger partial charge in [0.05, 0.1) is 5.69 Å². The highest BCUT2D eigenvalue weighted by Crippen LogP contribution is 2.31. The van der Waals surface area contributed by atoms with E-state index >= 15 is 0 Å². The van der Waals surface area contributed by atoms with Crippen molar-refractivity contribution >= 4 is 34.4 Å². The van der Waals surface area contributed by atoms with Gasteiger partial charge in [-0.15, -0.1) is 6.42 Å². The topological polar surface area (TPSA) is 58.6 Å². The van der Waals surface area contributed by atoms with Crippen LogP contribution in [0.3, 0.4) is 0 Å². The molecule has 0 bridgehead atoms. The number of hydrogen-bond donors (Lipinski definition) is 1. The number of terminal acetylenes is 1. The van der Waals surface area contributed by atoms with Crippen LogP contribution >= 0.6 is 0 Å². The number of carbonyl (C=O) groups excluding carboxylic acids is 2. The summed E-state index contributed by atoms with van der Waals surface area (Å²) in [6.45, 7) is 0.0881. The Morgan fingerprint density at radius 1 is 1.00 bits per heavy atom.